The summed E-state index contributed by atoms with van der Waals surface area (Å²) < 4.78 is 39.1. The van der Waals surface area contributed by atoms with E-state index in [1.54, 1.807) is 36.2 Å². The molecular weight excluding hydrogens is 431 g/mol. The second kappa shape index (κ2) is 9.33. The van der Waals surface area contributed by atoms with Gasteiger partial charge in [-0.1, -0.05) is 48.5 Å². The third-order valence-electron chi connectivity index (χ3n) is 4.97. The van der Waals surface area contributed by atoms with Gasteiger partial charge in [0.1, 0.15) is 17.6 Å². The first-order chi connectivity index (χ1) is 15.8. The summed E-state index contributed by atoms with van der Waals surface area (Å²) in [7, 11) is 0. The summed E-state index contributed by atoms with van der Waals surface area (Å²) in [6, 6.07) is 19.3. The highest BCUT2D eigenvalue weighted by atomic mass is 19.4. The molecule has 33 heavy (non-hydrogen) atoms. The van der Waals surface area contributed by atoms with Gasteiger partial charge in [-0.2, -0.15) is 13.2 Å². The molecule has 0 bridgehead atoms. The number of aliphatic hydroxyl groups excluding tert-OH is 1. The Labute approximate surface area is 188 Å². The van der Waals surface area contributed by atoms with Crippen molar-refractivity contribution in [1.29, 1.82) is 0 Å². The molecule has 6 nitrogen and oxygen atoms in total. The van der Waals surface area contributed by atoms with E-state index >= 15 is 0 Å². The monoisotopic (exact) mass is 451 g/mol. The number of nitrogens with zero attached hydrogens (tertiary/aromatic N) is 5. The van der Waals surface area contributed by atoms with E-state index in [-0.39, 0.29) is 17.3 Å². The molecule has 1 N–H and O–H groups in total. The molecule has 2 aromatic heterocycles. The average molecular weight is 451 g/mol. The molecule has 168 valence electrons. The van der Waals surface area contributed by atoms with Gasteiger partial charge in [0.2, 0.25) is 5.82 Å². The van der Waals surface area contributed by atoms with Gasteiger partial charge in [-0.3, -0.25) is 4.98 Å². The molecule has 2 heterocycles. The summed E-state index contributed by atoms with van der Waals surface area (Å²) in [4.78, 5) is 10.5. The number of halogens is 3. The summed E-state index contributed by atoms with van der Waals surface area (Å²) in [5, 5.41) is 19.0. The highest BCUT2D eigenvalue weighted by Crippen LogP contribution is 2.34. The lowest BCUT2D eigenvalue weighted by atomic mass is 10.1. The zero-order valence-electron chi connectivity index (χ0n) is 17.6. The maximum Gasteiger partial charge on any atom is 0.416 e. The molecule has 4 rings (SSSR count). The van der Waals surface area contributed by atoms with E-state index in [4.69, 9.17) is 0 Å². The van der Waals surface area contributed by atoms with Crippen LogP contribution in [0.2, 0.25) is 0 Å². The molecule has 0 amide bonds. The lowest BCUT2D eigenvalue weighted by Gasteiger charge is -2.28. The first-order valence-electron chi connectivity index (χ1n) is 10.2. The minimum atomic E-state index is -4.45. The Kier molecular flexibility index (Phi) is 6.32. The van der Waals surface area contributed by atoms with Crippen molar-refractivity contribution in [2.24, 2.45) is 0 Å². The lowest BCUT2D eigenvalue weighted by molar-refractivity contribution is -0.137. The fourth-order valence-corrected chi connectivity index (χ4v) is 3.29. The molecule has 4 aromatic rings. The van der Waals surface area contributed by atoms with Crippen molar-refractivity contribution in [2.45, 2.75) is 25.9 Å². The Balaban J connectivity index is 1.83. The highest BCUT2D eigenvalue weighted by Gasteiger charge is 2.30. The second-order valence-electron chi connectivity index (χ2n) is 7.34. The fraction of sp³-hybridized carbons (Fsp3) is 0.167. The maximum atomic E-state index is 13.0. The first-order valence-corrected chi connectivity index (χ1v) is 10.2. The Morgan fingerprint density at radius 1 is 0.909 bits per heavy atom. The molecule has 0 aliphatic carbocycles. The van der Waals surface area contributed by atoms with Gasteiger partial charge in [0.25, 0.3) is 0 Å². The topological polar surface area (TPSA) is 75.0 Å². The van der Waals surface area contributed by atoms with Crippen LogP contribution < -0.4 is 4.90 Å². The van der Waals surface area contributed by atoms with Crippen molar-refractivity contribution in [2.75, 3.05) is 4.90 Å². The van der Waals surface area contributed by atoms with Crippen molar-refractivity contribution in [3.63, 3.8) is 0 Å². The molecule has 0 radical (unpaired) electrons. The summed E-state index contributed by atoms with van der Waals surface area (Å²) in [5.41, 5.74) is 1.27. The standard InChI is InChI=1S/C24H20F3N5O/c1-16(33)32(15-17-7-3-2-4-8-17)23-21(18-10-12-19(13-11-18)24(25,26)27)30-31-22(29-23)20-9-5-6-14-28-20/h2-14,16,33H,15H2,1H3. The van der Waals surface area contributed by atoms with Crippen molar-refractivity contribution < 1.29 is 18.3 Å². The molecule has 0 aliphatic rings. The quantitative estimate of drug-likeness (QED) is 0.418. The number of hydrogen-bond acceptors (Lipinski definition) is 6. The van der Waals surface area contributed by atoms with Crippen LogP contribution in [0.1, 0.15) is 18.1 Å². The number of aromatic nitrogens is 4. The molecular formula is C24H20F3N5O. The smallest absolute Gasteiger partial charge is 0.374 e. The van der Waals surface area contributed by atoms with Crippen LogP contribution in [0.5, 0.6) is 0 Å². The second-order valence-corrected chi connectivity index (χ2v) is 7.34. The number of alkyl halides is 3. The minimum absolute atomic E-state index is 0.236. The molecule has 0 saturated heterocycles. The average Bonchev–Trinajstić information content (AvgIpc) is 2.83. The van der Waals surface area contributed by atoms with Crippen LogP contribution >= 0.6 is 0 Å². The molecule has 1 unspecified atom stereocenters. The highest BCUT2D eigenvalue weighted by molar-refractivity contribution is 5.73. The number of pyridine rings is 1. The predicted molar refractivity (Wildman–Crippen MR) is 118 cm³/mol. The van der Waals surface area contributed by atoms with Crippen LogP contribution in [-0.2, 0) is 12.7 Å². The Morgan fingerprint density at radius 2 is 1.61 bits per heavy atom. The summed E-state index contributed by atoms with van der Waals surface area (Å²) in [6.45, 7) is 1.88. The van der Waals surface area contributed by atoms with E-state index in [1.165, 1.54) is 12.1 Å². The molecule has 0 saturated carbocycles. The normalized spacial score (nSPS) is 12.4. The Bertz CT molecular complexity index is 1200. The number of anilines is 1. The largest absolute Gasteiger partial charge is 0.416 e. The van der Waals surface area contributed by atoms with Crippen LogP contribution in [0, 0.1) is 0 Å². The zero-order valence-corrected chi connectivity index (χ0v) is 17.6. The van der Waals surface area contributed by atoms with Crippen LogP contribution in [-0.4, -0.2) is 31.5 Å². The van der Waals surface area contributed by atoms with Crippen LogP contribution in [0.25, 0.3) is 22.8 Å². The SMILES string of the molecule is CC(O)N(Cc1ccccc1)c1nc(-c2ccccn2)nnc1-c1ccc(C(F)(F)F)cc1. The van der Waals surface area contributed by atoms with Gasteiger partial charge in [-0.15, -0.1) is 10.2 Å². The predicted octanol–water partition coefficient (Wildman–Crippen LogP) is 4.96. The van der Waals surface area contributed by atoms with E-state index in [0.29, 0.717) is 17.8 Å². The van der Waals surface area contributed by atoms with Gasteiger partial charge >= 0.3 is 6.18 Å². The Morgan fingerprint density at radius 3 is 2.21 bits per heavy atom. The third-order valence-corrected chi connectivity index (χ3v) is 4.97. The summed E-state index contributed by atoms with van der Waals surface area (Å²) in [6.07, 6.45) is -3.82. The van der Waals surface area contributed by atoms with Crippen molar-refractivity contribution >= 4 is 5.82 Å². The van der Waals surface area contributed by atoms with Gasteiger partial charge in [0.05, 0.1) is 5.56 Å². The summed E-state index contributed by atoms with van der Waals surface area (Å²) in [5.74, 6) is 0.518. The number of hydrogen-bond donors (Lipinski definition) is 1. The van der Waals surface area contributed by atoms with Gasteiger partial charge in [-0.05, 0) is 36.8 Å². The number of aliphatic hydroxyl groups is 1. The van der Waals surface area contributed by atoms with Crippen molar-refractivity contribution in [3.8, 4) is 22.8 Å². The molecule has 1 atom stereocenters. The van der Waals surface area contributed by atoms with Gasteiger partial charge < -0.3 is 10.0 Å². The first kappa shape index (κ1) is 22.3. The van der Waals surface area contributed by atoms with Gasteiger partial charge in [0, 0.05) is 18.3 Å². The van der Waals surface area contributed by atoms with Crippen molar-refractivity contribution in [1.82, 2.24) is 20.2 Å². The van der Waals surface area contributed by atoms with Crippen LogP contribution in [0.3, 0.4) is 0 Å². The zero-order chi connectivity index (χ0) is 23.4. The van der Waals surface area contributed by atoms with E-state index in [2.05, 4.69) is 20.2 Å². The lowest BCUT2D eigenvalue weighted by Crippen LogP contribution is -2.34. The van der Waals surface area contributed by atoms with Crippen LogP contribution in [0.15, 0.2) is 79.0 Å². The van der Waals surface area contributed by atoms with E-state index < -0.39 is 18.0 Å². The van der Waals surface area contributed by atoms with E-state index in [9.17, 15) is 18.3 Å². The molecule has 9 heteroatoms. The molecule has 0 aliphatic heterocycles. The fourth-order valence-electron chi connectivity index (χ4n) is 3.29. The molecule has 2 aromatic carbocycles. The molecule has 0 fully saturated rings. The maximum absolute atomic E-state index is 13.0. The number of benzene rings is 2. The number of rotatable bonds is 6. The third kappa shape index (κ3) is 5.15. The van der Waals surface area contributed by atoms with E-state index in [1.807, 2.05) is 30.3 Å². The van der Waals surface area contributed by atoms with Gasteiger partial charge in [-0.25, -0.2) is 4.98 Å². The van der Waals surface area contributed by atoms with Gasteiger partial charge in [0.15, 0.2) is 5.82 Å². The molecule has 0 spiro atoms. The van der Waals surface area contributed by atoms with Crippen LogP contribution in [0.4, 0.5) is 19.0 Å². The minimum Gasteiger partial charge on any atom is -0.374 e. The Hall–Kier alpha value is -3.85. The summed E-state index contributed by atoms with van der Waals surface area (Å²) >= 11 is 0. The van der Waals surface area contributed by atoms with Crippen molar-refractivity contribution in [3.05, 3.63) is 90.1 Å². The van der Waals surface area contributed by atoms with E-state index in [0.717, 1.165) is 17.7 Å².